The van der Waals surface area contributed by atoms with Crippen molar-refractivity contribution in [2.75, 3.05) is 7.11 Å². The van der Waals surface area contributed by atoms with Gasteiger partial charge in [-0.15, -0.1) is 0 Å². The number of hydrogen-bond acceptors (Lipinski definition) is 2. The Morgan fingerprint density at radius 2 is 2.71 bits per heavy atom. The lowest BCUT2D eigenvalue weighted by molar-refractivity contribution is -0.928. The molecule has 0 atom stereocenters. The van der Waals surface area contributed by atoms with Crippen LogP contribution in [0.5, 0.6) is 0 Å². The lowest BCUT2D eigenvalue weighted by Crippen LogP contribution is -2.41. The highest BCUT2D eigenvalue weighted by Crippen LogP contribution is 1.52. The summed E-state index contributed by atoms with van der Waals surface area (Å²) in [5, 5.41) is 2.67. The molecule has 0 aliphatic carbocycles. The molecule has 0 amide bonds. The molecule has 4 nitrogen and oxygen atoms in total. The third-order valence-corrected chi connectivity index (χ3v) is 0.628. The van der Waals surface area contributed by atoms with Crippen molar-refractivity contribution in [2.45, 2.75) is 0 Å². The van der Waals surface area contributed by atoms with Crippen LogP contribution in [0.4, 0.5) is 0 Å². The van der Waals surface area contributed by atoms with E-state index in [-0.39, 0.29) is 0 Å². The van der Waals surface area contributed by atoms with Gasteiger partial charge in [0.2, 0.25) is 6.33 Å². The van der Waals surface area contributed by atoms with Crippen molar-refractivity contribution in [1.29, 1.82) is 0 Å². The predicted molar refractivity (Wildman–Crippen MR) is 21.3 cm³/mol. The van der Waals surface area contributed by atoms with Crippen LogP contribution in [0.2, 0.25) is 0 Å². The van der Waals surface area contributed by atoms with Crippen LogP contribution in [-0.4, -0.2) is 17.2 Å². The summed E-state index contributed by atoms with van der Waals surface area (Å²) >= 11 is 0. The van der Waals surface area contributed by atoms with Crippen LogP contribution in [0.15, 0.2) is 12.7 Å². The number of nitrogens with one attached hydrogen (secondary N) is 1. The van der Waals surface area contributed by atoms with E-state index in [4.69, 9.17) is 0 Å². The molecule has 4 heteroatoms. The molecule has 1 heterocycles. The zero-order chi connectivity index (χ0) is 5.11. The molecule has 38 valence electrons. The first kappa shape index (κ1) is 4.11. The zero-order valence-corrected chi connectivity index (χ0v) is 3.96. The largest absolute Gasteiger partial charge is 0.349 e. The molecule has 0 bridgehead atoms. The number of rotatable bonds is 1. The van der Waals surface area contributed by atoms with Crippen LogP contribution in [-0.2, 0) is 0 Å². The maximum Gasteiger partial charge on any atom is 0.349 e. The summed E-state index contributed by atoms with van der Waals surface area (Å²) in [6, 6.07) is 0. The lowest BCUT2D eigenvalue weighted by Gasteiger charge is -1.81. The standard InChI is InChI=1S/C3H5N3O/c1-7-6-3-4-2-5-6/h2-3H,1H3/p+1. The number of hydrogen-bond donors (Lipinski definition) is 1. The molecular formula is C3H6N3O+. The topological polar surface area (TPSA) is 41.8 Å². The van der Waals surface area contributed by atoms with Gasteiger partial charge < -0.3 is 4.84 Å². The first-order valence-electron chi connectivity index (χ1n) is 1.88. The van der Waals surface area contributed by atoms with Crippen molar-refractivity contribution < 1.29 is 9.68 Å². The van der Waals surface area contributed by atoms with E-state index in [1.165, 1.54) is 17.5 Å². The summed E-state index contributed by atoms with van der Waals surface area (Å²) in [6.45, 7) is 0. The second kappa shape index (κ2) is 1.59. The van der Waals surface area contributed by atoms with E-state index in [2.05, 4.69) is 14.9 Å². The van der Waals surface area contributed by atoms with Gasteiger partial charge in [0.05, 0.1) is 0 Å². The van der Waals surface area contributed by atoms with Gasteiger partial charge in [-0.1, -0.05) is 0 Å². The maximum atomic E-state index is 4.65. The van der Waals surface area contributed by atoms with Gasteiger partial charge in [0.1, 0.15) is 7.11 Å². The molecule has 7 heavy (non-hydrogen) atoms. The van der Waals surface area contributed by atoms with Crippen LogP contribution in [0, 0.1) is 0 Å². The molecule has 0 aromatic carbocycles. The van der Waals surface area contributed by atoms with Gasteiger partial charge in [-0.25, -0.2) is 0 Å². The van der Waals surface area contributed by atoms with Gasteiger partial charge in [-0.3, -0.25) is 0 Å². The summed E-state index contributed by atoms with van der Waals surface area (Å²) < 4.78 is 0. The third kappa shape index (κ3) is 0.677. The Hall–Kier alpha value is -1.06. The van der Waals surface area contributed by atoms with E-state index < -0.39 is 0 Å². The monoisotopic (exact) mass is 100 g/mol. The first-order chi connectivity index (χ1) is 3.43. The lowest BCUT2D eigenvalue weighted by atomic mass is 11.3. The van der Waals surface area contributed by atoms with Crippen molar-refractivity contribution in [3.8, 4) is 0 Å². The highest BCUT2D eigenvalue weighted by Gasteiger charge is 1.89. The second-order valence-electron chi connectivity index (χ2n) is 1.03. The summed E-state index contributed by atoms with van der Waals surface area (Å²) in [4.78, 5) is 9.72. The minimum atomic E-state index is 1.39. The summed E-state index contributed by atoms with van der Waals surface area (Å²) in [7, 11) is 1.55. The smallest absolute Gasteiger partial charge is 0.320 e. The molecular weight excluding hydrogens is 94.1 g/mol. The summed E-state index contributed by atoms with van der Waals surface area (Å²) in [5.41, 5.74) is 0. The minimum absolute atomic E-state index is 1.39. The third-order valence-electron chi connectivity index (χ3n) is 0.628. The number of nitrogens with zero attached hydrogens (tertiary/aromatic N) is 2. The number of H-pyrrole nitrogens is 1. The Bertz CT molecular complexity index is 125. The Morgan fingerprint density at radius 3 is 3.00 bits per heavy atom. The van der Waals surface area contributed by atoms with Gasteiger partial charge >= 0.3 is 6.33 Å². The molecule has 0 aliphatic heterocycles. The van der Waals surface area contributed by atoms with E-state index in [0.29, 0.717) is 0 Å². The fourth-order valence-electron chi connectivity index (χ4n) is 0.317. The minimum Gasteiger partial charge on any atom is -0.320 e. The SMILES string of the molecule is CO[n+]1cnc[nH]1. The molecule has 1 aromatic heterocycles. The molecule has 0 fully saturated rings. The fraction of sp³-hybridized carbons (Fsp3) is 0.333. The molecule has 0 radical (unpaired) electrons. The van der Waals surface area contributed by atoms with E-state index in [9.17, 15) is 0 Å². The molecule has 0 saturated heterocycles. The van der Waals surface area contributed by atoms with Crippen LogP contribution < -0.4 is 9.68 Å². The highest BCUT2D eigenvalue weighted by molar-refractivity contribution is 4.32. The van der Waals surface area contributed by atoms with Crippen molar-refractivity contribution in [2.24, 2.45) is 0 Å². The molecule has 0 saturated carbocycles. The van der Waals surface area contributed by atoms with Gasteiger partial charge in [-0.2, -0.15) is 5.10 Å². The number of aromatic amines is 1. The Labute approximate surface area is 40.7 Å². The van der Waals surface area contributed by atoms with Crippen LogP contribution in [0.1, 0.15) is 0 Å². The van der Waals surface area contributed by atoms with Gasteiger partial charge in [0.25, 0.3) is 0 Å². The van der Waals surface area contributed by atoms with E-state index in [1.807, 2.05) is 0 Å². The summed E-state index contributed by atoms with van der Waals surface area (Å²) in [5.74, 6) is 0. The van der Waals surface area contributed by atoms with E-state index in [1.54, 1.807) is 7.11 Å². The molecule has 0 unspecified atom stereocenters. The average molecular weight is 100 g/mol. The second-order valence-corrected chi connectivity index (χ2v) is 1.03. The van der Waals surface area contributed by atoms with Gasteiger partial charge in [-0.05, 0) is 4.98 Å². The predicted octanol–water partition coefficient (Wildman–Crippen LogP) is -1.24. The van der Waals surface area contributed by atoms with Crippen LogP contribution in [0.25, 0.3) is 0 Å². The van der Waals surface area contributed by atoms with Crippen molar-refractivity contribution in [3.05, 3.63) is 12.7 Å². The van der Waals surface area contributed by atoms with Crippen molar-refractivity contribution in [3.63, 3.8) is 0 Å². The Kier molecular flexibility index (Phi) is 0.934. The van der Waals surface area contributed by atoms with Crippen molar-refractivity contribution in [1.82, 2.24) is 10.1 Å². The maximum absolute atomic E-state index is 4.65. The number of aromatic nitrogens is 3. The summed E-state index contributed by atoms with van der Waals surface area (Å²) in [6.07, 6.45) is 3.06. The van der Waals surface area contributed by atoms with Crippen molar-refractivity contribution >= 4 is 0 Å². The average Bonchev–Trinajstić information content (AvgIpc) is 2.14. The van der Waals surface area contributed by atoms with Crippen LogP contribution >= 0.6 is 0 Å². The molecule has 1 aromatic rings. The zero-order valence-electron chi connectivity index (χ0n) is 3.96. The fourth-order valence-corrected chi connectivity index (χ4v) is 0.317. The first-order valence-corrected chi connectivity index (χ1v) is 1.88. The van der Waals surface area contributed by atoms with Crippen LogP contribution in [0.3, 0.4) is 0 Å². The molecule has 0 spiro atoms. The molecule has 1 rings (SSSR count). The Balaban J connectivity index is 2.76. The quantitative estimate of drug-likeness (QED) is 0.448. The molecule has 1 N–H and O–H groups in total. The van der Waals surface area contributed by atoms with Gasteiger partial charge in [0.15, 0.2) is 0 Å². The van der Waals surface area contributed by atoms with E-state index >= 15 is 0 Å². The normalized spacial score (nSPS) is 8.71. The van der Waals surface area contributed by atoms with E-state index in [0.717, 1.165) is 0 Å². The van der Waals surface area contributed by atoms with Gasteiger partial charge in [0, 0.05) is 4.85 Å². The highest BCUT2D eigenvalue weighted by atomic mass is 16.7. The Morgan fingerprint density at radius 1 is 1.86 bits per heavy atom. The molecule has 0 aliphatic rings.